The quantitative estimate of drug-likeness (QED) is 0.865. The van der Waals surface area contributed by atoms with E-state index in [2.05, 4.69) is 5.32 Å². The van der Waals surface area contributed by atoms with Crippen molar-refractivity contribution in [1.29, 1.82) is 0 Å². The minimum Gasteiger partial charge on any atom is -0.348 e. The van der Waals surface area contributed by atoms with Gasteiger partial charge in [0, 0.05) is 18.7 Å². The van der Waals surface area contributed by atoms with Gasteiger partial charge in [-0.25, -0.2) is 8.42 Å². The number of carbonyl (C=O) groups excluding carboxylic acids is 1. The summed E-state index contributed by atoms with van der Waals surface area (Å²) in [5.74, 6) is -0.161. The molecule has 1 heterocycles. The highest BCUT2D eigenvalue weighted by molar-refractivity contribution is 7.92. The number of carbonyl (C=O) groups is 1. The van der Waals surface area contributed by atoms with Crippen LogP contribution in [0.5, 0.6) is 0 Å². The van der Waals surface area contributed by atoms with Gasteiger partial charge in [0.05, 0.1) is 16.5 Å². The van der Waals surface area contributed by atoms with Gasteiger partial charge in [-0.1, -0.05) is 41.4 Å². The predicted molar refractivity (Wildman–Crippen MR) is 104 cm³/mol. The molecular formula is C19H21ClN2O3S. The Labute approximate surface area is 159 Å². The molecule has 1 saturated heterocycles. The zero-order chi connectivity index (χ0) is 18.7. The molecule has 1 amide bonds. The number of anilines is 1. The first-order valence-electron chi connectivity index (χ1n) is 8.50. The van der Waals surface area contributed by atoms with Gasteiger partial charge in [-0.2, -0.15) is 0 Å². The maximum atomic E-state index is 12.5. The van der Waals surface area contributed by atoms with Gasteiger partial charge in [0.15, 0.2) is 0 Å². The first kappa shape index (κ1) is 18.7. The van der Waals surface area contributed by atoms with Gasteiger partial charge in [0.1, 0.15) is 0 Å². The molecule has 0 spiro atoms. The number of hydrogen-bond donors (Lipinski definition) is 1. The molecule has 0 aromatic heterocycles. The van der Waals surface area contributed by atoms with Gasteiger partial charge in [-0.3, -0.25) is 9.10 Å². The number of benzene rings is 2. The summed E-state index contributed by atoms with van der Waals surface area (Å²) in [5.41, 5.74) is 2.89. The van der Waals surface area contributed by atoms with E-state index in [0.29, 0.717) is 35.8 Å². The second-order valence-electron chi connectivity index (χ2n) is 6.43. The minimum absolute atomic E-state index is 0.104. The zero-order valence-electron chi connectivity index (χ0n) is 14.5. The van der Waals surface area contributed by atoms with Crippen LogP contribution in [0.2, 0.25) is 5.02 Å². The van der Waals surface area contributed by atoms with Crippen LogP contribution in [0, 0.1) is 6.92 Å². The van der Waals surface area contributed by atoms with Gasteiger partial charge in [-0.15, -0.1) is 0 Å². The van der Waals surface area contributed by atoms with Crippen LogP contribution < -0.4 is 9.62 Å². The molecule has 0 saturated carbocycles. The van der Waals surface area contributed by atoms with E-state index in [1.165, 1.54) is 4.31 Å². The molecule has 5 nitrogen and oxygen atoms in total. The lowest BCUT2D eigenvalue weighted by Crippen LogP contribution is -2.38. The van der Waals surface area contributed by atoms with Crippen LogP contribution >= 0.6 is 11.6 Å². The molecule has 0 radical (unpaired) electrons. The molecule has 0 bridgehead atoms. The summed E-state index contributed by atoms with van der Waals surface area (Å²) in [6, 6.07) is 12.6. The molecule has 1 aliphatic heterocycles. The van der Waals surface area contributed by atoms with Crippen molar-refractivity contribution in [2.45, 2.75) is 26.3 Å². The fourth-order valence-electron chi connectivity index (χ4n) is 3.01. The summed E-state index contributed by atoms with van der Waals surface area (Å²) in [7, 11) is -3.38. The smallest absolute Gasteiger partial charge is 0.251 e. The van der Waals surface area contributed by atoms with Gasteiger partial charge < -0.3 is 5.32 Å². The number of halogens is 1. The minimum atomic E-state index is -3.38. The van der Waals surface area contributed by atoms with Crippen LogP contribution in [-0.2, 0) is 16.6 Å². The molecule has 0 aliphatic carbocycles. The number of nitrogens with zero attached hydrogens (tertiary/aromatic N) is 1. The topological polar surface area (TPSA) is 66.5 Å². The number of hydrogen-bond acceptors (Lipinski definition) is 3. The van der Waals surface area contributed by atoms with Crippen LogP contribution in [0.3, 0.4) is 0 Å². The van der Waals surface area contributed by atoms with E-state index in [4.69, 9.17) is 11.6 Å². The van der Waals surface area contributed by atoms with E-state index in [-0.39, 0.29) is 11.7 Å². The van der Waals surface area contributed by atoms with Crippen LogP contribution in [-0.4, -0.2) is 26.6 Å². The van der Waals surface area contributed by atoms with E-state index in [0.717, 1.165) is 17.5 Å². The van der Waals surface area contributed by atoms with Crippen molar-refractivity contribution >= 4 is 33.2 Å². The Kier molecular flexibility index (Phi) is 5.53. The van der Waals surface area contributed by atoms with Crippen LogP contribution in [0.1, 0.15) is 34.3 Å². The van der Waals surface area contributed by atoms with Gasteiger partial charge in [-0.05, 0) is 43.5 Å². The number of rotatable bonds is 4. The van der Waals surface area contributed by atoms with Crippen molar-refractivity contribution in [3.8, 4) is 0 Å². The first-order chi connectivity index (χ1) is 12.4. The second-order valence-corrected chi connectivity index (χ2v) is 8.85. The summed E-state index contributed by atoms with van der Waals surface area (Å²) >= 11 is 6.21. The van der Waals surface area contributed by atoms with E-state index < -0.39 is 10.0 Å². The lowest BCUT2D eigenvalue weighted by atomic mass is 10.1. The molecule has 0 unspecified atom stereocenters. The maximum absolute atomic E-state index is 12.5. The Morgan fingerprint density at radius 2 is 2.00 bits per heavy atom. The summed E-state index contributed by atoms with van der Waals surface area (Å²) < 4.78 is 26.0. The molecule has 1 aliphatic rings. The first-order valence-corrected chi connectivity index (χ1v) is 10.5. The summed E-state index contributed by atoms with van der Waals surface area (Å²) in [5, 5.41) is 3.19. The van der Waals surface area contributed by atoms with E-state index >= 15 is 0 Å². The Morgan fingerprint density at radius 1 is 1.19 bits per heavy atom. The lowest BCUT2D eigenvalue weighted by molar-refractivity contribution is 0.0951. The highest BCUT2D eigenvalue weighted by Crippen LogP contribution is 2.31. The van der Waals surface area contributed by atoms with Gasteiger partial charge in [0.2, 0.25) is 10.0 Å². The Morgan fingerprint density at radius 3 is 2.73 bits per heavy atom. The fraction of sp³-hybridized carbons (Fsp3) is 0.316. The second kappa shape index (κ2) is 7.68. The van der Waals surface area contributed by atoms with E-state index in [9.17, 15) is 13.2 Å². The number of aryl methyl sites for hydroxylation is 1. The summed E-state index contributed by atoms with van der Waals surface area (Å²) in [4.78, 5) is 12.5. The molecule has 1 fully saturated rings. The molecule has 26 heavy (non-hydrogen) atoms. The molecule has 0 atom stereocenters. The van der Waals surface area contributed by atoms with Crippen LogP contribution in [0.15, 0.2) is 42.5 Å². The predicted octanol–water partition coefficient (Wildman–Crippen LogP) is 3.51. The largest absolute Gasteiger partial charge is 0.348 e. The maximum Gasteiger partial charge on any atom is 0.251 e. The summed E-state index contributed by atoms with van der Waals surface area (Å²) in [6.07, 6.45) is 1.42. The van der Waals surface area contributed by atoms with Gasteiger partial charge in [0.25, 0.3) is 5.91 Å². The lowest BCUT2D eigenvalue weighted by Gasteiger charge is -2.29. The normalized spacial score (nSPS) is 16.3. The third-order valence-electron chi connectivity index (χ3n) is 4.36. The molecule has 7 heteroatoms. The standard InChI is InChI=1S/C19H21ClN2O3S/c1-14-5-4-6-15(11-14)13-21-19(23)16-7-8-17(20)18(12-16)22-9-2-3-10-26(22,24)25/h4-8,11-12H,2-3,9-10,13H2,1H3,(H,21,23). The monoisotopic (exact) mass is 392 g/mol. The Balaban J connectivity index is 1.79. The SMILES string of the molecule is Cc1cccc(CNC(=O)c2ccc(Cl)c(N3CCCCS3(=O)=O)c2)c1. The molecule has 2 aromatic carbocycles. The number of nitrogens with one attached hydrogen (secondary N) is 1. The van der Waals surface area contributed by atoms with Crippen molar-refractivity contribution in [3.63, 3.8) is 0 Å². The Bertz CT molecular complexity index is 928. The number of sulfonamides is 1. The van der Waals surface area contributed by atoms with Crippen molar-refractivity contribution < 1.29 is 13.2 Å². The van der Waals surface area contributed by atoms with Crippen molar-refractivity contribution in [1.82, 2.24) is 5.32 Å². The third kappa shape index (κ3) is 4.19. The van der Waals surface area contributed by atoms with Crippen LogP contribution in [0.25, 0.3) is 0 Å². The molecule has 3 rings (SSSR count). The van der Waals surface area contributed by atoms with Crippen LogP contribution in [0.4, 0.5) is 5.69 Å². The average Bonchev–Trinajstić information content (AvgIpc) is 2.60. The van der Waals surface area contributed by atoms with Gasteiger partial charge >= 0.3 is 0 Å². The number of amides is 1. The Hall–Kier alpha value is -2.05. The molecule has 2 aromatic rings. The average molecular weight is 393 g/mol. The fourth-order valence-corrected chi connectivity index (χ4v) is 4.93. The van der Waals surface area contributed by atoms with Crippen molar-refractivity contribution in [2.24, 2.45) is 0 Å². The zero-order valence-corrected chi connectivity index (χ0v) is 16.1. The third-order valence-corrected chi connectivity index (χ3v) is 6.54. The van der Waals surface area contributed by atoms with Crippen molar-refractivity contribution in [2.75, 3.05) is 16.6 Å². The summed E-state index contributed by atoms with van der Waals surface area (Å²) in [6.45, 7) is 2.78. The van der Waals surface area contributed by atoms with E-state index in [1.54, 1.807) is 18.2 Å². The van der Waals surface area contributed by atoms with E-state index in [1.807, 2.05) is 31.2 Å². The highest BCUT2D eigenvalue weighted by Gasteiger charge is 2.28. The molecular weight excluding hydrogens is 372 g/mol. The molecule has 1 N–H and O–H groups in total. The molecule has 138 valence electrons. The highest BCUT2D eigenvalue weighted by atomic mass is 35.5. The van der Waals surface area contributed by atoms with Crippen molar-refractivity contribution in [3.05, 3.63) is 64.2 Å².